The van der Waals surface area contributed by atoms with Crippen molar-refractivity contribution in [1.29, 1.82) is 0 Å². The minimum atomic E-state index is -1.89. The summed E-state index contributed by atoms with van der Waals surface area (Å²) in [5.74, 6) is 1.65. The monoisotopic (exact) mass is 368 g/mol. The average molecular weight is 369 g/mol. The lowest BCUT2D eigenvalue weighted by atomic mass is 9.69. The number of ether oxygens (including phenoxy) is 1. The number of aliphatic hydroxyl groups excluding tert-OH is 1. The van der Waals surface area contributed by atoms with Crippen molar-refractivity contribution < 1.29 is 14.3 Å². The predicted molar refractivity (Wildman–Crippen MR) is 105 cm³/mol. The van der Waals surface area contributed by atoms with E-state index in [9.17, 15) is 5.11 Å². The molecule has 0 aromatic carbocycles. The van der Waals surface area contributed by atoms with Crippen molar-refractivity contribution in [2.45, 2.75) is 109 Å². The van der Waals surface area contributed by atoms with Gasteiger partial charge < -0.3 is 14.3 Å². The maximum absolute atomic E-state index is 11.4. The van der Waals surface area contributed by atoms with Crippen LogP contribution in [0.1, 0.15) is 67.7 Å². The van der Waals surface area contributed by atoms with Gasteiger partial charge in [-0.2, -0.15) is 0 Å². The quantitative estimate of drug-likeness (QED) is 0.713. The SMILES string of the molecule is CC(C)[C@@]12C[C@@H](O[Si](C)(C)C(C)(C)C)[C@@](C)(O1)[C@H]1CC[C@@H](C)[C@@H]1[C@H]2O. The van der Waals surface area contributed by atoms with Crippen LogP contribution in [0.25, 0.3) is 0 Å². The van der Waals surface area contributed by atoms with Crippen LogP contribution in [0.4, 0.5) is 0 Å². The van der Waals surface area contributed by atoms with Crippen molar-refractivity contribution in [3.05, 3.63) is 0 Å². The molecule has 3 nitrogen and oxygen atoms in total. The third kappa shape index (κ3) is 2.69. The first-order valence-electron chi connectivity index (χ1n) is 10.3. The molecule has 2 saturated heterocycles. The van der Waals surface area contributed by atoms with Crippen LogP contribution in [0.2, 0.25) is 18.1 Å². The fourth-order valence-corrected chi connectivity index (χ4v) is 7.02. The molecule has 0 amide bonds. The molecule has 0 radical (unpaired) electrons. The number of hydrogen-bond donors (Lipinski definition) is 1. The smallest absolute Gasteiger partial charge is 0.192 e. The highest BCUT2D eigenvalue weighted by molar-refractivity contribution is 6.74. The minimum absolute atomic E-state index is 0.103. The fourth-order valence-electron chi connectivity index (χ4n) is 5.64. The van der Waals surface area contributed by atoms with Gasteiger partial charge >= 0.3 is 0 Å². The summed E-state index contributed by atoms with van der Waals surface area (Å²) in [6.45, 7) is 20.6. The number of aliphatic hydroxyl groups is 1. The molecule has 2 bridgehead atoms. The van der Waals surface area contributed by atoms with E-state index in [0.29, 0.717) is 23.7 Å². The highest BCUT2D eigenvalue weighted by atomic mass is 28.4. The van der Waals surface area contributed by atoms with E-state index in [0.717, 1.165) is 12.8 Å². The van der Waals surface area contributed by atoms with Gasteiger partial charge in [-0.25, -0.2) is 0 Å². The van der Waals surface area contributed by atoms with Gasteiger partial charge in [0.2, 0.25) is 0 Å². The van der Waals surface area contributed by atoms with E-state index in [1.807, 2.05) is 0 Å². The van der Waals surface area contributed by atoms with Gasteiger partial charge in [0, 0.05) is 6.42 Å². The maximum atomic E-state index is 11.4. The van der Waals surface area contributed by atoms with Gasteiger partial charge in [-0.05, 0) is 61.6 Å². The molecule has 4 heteroatoms. The van der Waals surface area contributed by atoms with Crippen LogP contribution in [0, 0.1) is 23.7 Å². The van der Waals surface area contributed by atoms with E-state index in [-0.39, 0.29) is 22.8 Å². The zero-order valence-electron chi connectivity index (χ0n) is 17.8. The molecule has 1 aliphatic carbocycles. The highest BCUT2D eigenvalue weighted by Crippen LogP contribution is 2.63. The Hall–Kier alpha value is 0.0969. The molecule has 2 aliphatic heterocycles. The van der Waals surface area contributed by atoms with Crippen LogP contribution in [-0.4, -0.2) is 36.8 Å². The Morgan fingerprint density at radius 3 is 2.32 bits per heavy atom. The van der Waals surface area contributed by atoms with Gasteiger partial charge in [0.25, 0.3) is 0 Å². The second-order valence-corrected chi connectivity index (χ2v) is 15.9. The van der Waals surface area contributed by atoms with Crippen molar-refractivity contribution >= 4 is 8.32 Å². The molecular formula is C21H40O3Si. The molecule has 0 spiro atoms. The van der Waals surface area contributed by atoms with Crippen LogP contribution in [0.15, 0.2) is 0 Å². The molecule has 0 aromatic heterocycles. The largest absolute Gasteiger partial charge is 0.411 e. The molecule has 1 N–H and O–H groups in total. The zero-order valence-corrected chi connectivity index (χ0v) is 18.8. The Bertz CT molecular complexity index is 526. The van der Waals surface area contributed by atoms with E-state index in [2.05, 4.69) is 61.6 Å². The fraction of sp³-hybridized carbons (Fsp3) is 1.00. The molecule has 0 unspecified atom stereocenters. The lowest BCUT2D eigenvalue weighted by Crippen LogP contribution is -2.61. The van der Waals surface area contributed by atoms with Gasteiger partial charge in [-0.15, -0.1) is 0 Å². The van der Waals surface area contributed by atoms with Crippen molar-refractivity contribution in [1.82, 2.24) is 0 Å². The number of rotatable bonds is 3. The summed E-state index contributed by atoms with van der Waals surface area (Å²) in [6, 6.07) is 0. The normalized spacial score (nSPS) is 47.4. The molecular weight excluding hydrogens is 328 g/mol. The van der Waals surface area contributed by atoms with Gasteiger partial charge in [-0.1, -0.05) is 41.5 Å². The Morgan fingerprint density at radius 2 is 1.80 bits per heavy atom. The van der Waals surface area contributed by atoms with Crippen molar-refractivity contribution in [2.75, 3.05) is 0 Å². The third-order valence-corrected chi connectivity index (χ3v) is 12.9. The predicted octanol–water partition coefficient (Wildman–Crippen LogP) is 4.99. The lowest BCUT2D eigenvalue weighted by molar-refractivity contribution is -0.257. The van der Waals surface area contributed by atoms with Crippen LogP contribution in [0.5, 0.6) is 0 Å². The Labute approximate surface area is 156 Å². The molecule has 146 valence electrons. The van der Waals surface area contributed by atoms with Gasteiger partial charge in [0.05, 0.1) is 23.4 Å². The molecule has 3 rings (SSSR count). The summed E-state index contributed by atoms with van der Waals surface area (Å²) in [6.07, 6.45) is 2.94. The van der Waals surface area contributed by atoms with Gasteiger partial charge in [0.1, 0.15) is 0 Å². The van der Waals surface area contributed by atoms with Crippen LogP contribution in [0.3, 0.4) is 0 Å². The molecule has 0 aromatic rings. The summed E-state index contributed by atoms with van der Waals surface area (Å²) >= 11 is 0. The van der Waals surface area contributed by atoms with E-state index < -0.39 is 13.9 Å². The molecule has 3 aliphatic rings. The van der Waals surface area contributed by atoms with Crippen molar-refractivity contribution in [3.8, 4) is 0 Å². The van der Waals surface area contributed by atoms with Gasteiger partial charge in [0.15, 0.2) is 8.32 Å². The van der Waals surface area contributed by atoms with E-state index in [1.165, 1.54) is 6.42 Å². The molecule has 1 saturated carbocycles. The Balaban J connectivity index is 2.00. The molecule has 3 fully saturated rings. The third-order valence-electron chi connectivity index (χ3n) is 8.43. The van der Waals surface area contributed by atoms with Crippen molar-refractivity contribution in [2.24, 2.45) is 23.7 Å². The van der Waals surface area contributed by atoms with Crippen molar-refractivity contribution in [3.63, 3.8) is 0 Å². The first-order chi connectivity index (χ1) is 11.3. The lowest BCUT2D eigenvalue weighted by Gasteiger charge is -2.52. The summed E-state index contributed by atoms with van der Waals surface area (Å²) < 4.78 is 13.8. The Kier molecular flexibility index (Phi) is 4.60. The second kappa shape index (κ2) is 5.80. The average Bonchev–Trinajstić information content (AvgIpc) is 2.95. The minimum Gasteiger partial charge on any atom is -0.411 e. The number of hydrogen-bond acceptors (Lipinski definition) is 3. The second-order valence-electron chi connectivity index (χ2n) is 11.1. The summed E-state index contributed by atoms with van der Waals surface area (Å²) in [7, 11) is -1.89. The van der Waals surface area contributed by atoms with E-state index in [1.54, 1.807) is 0 Å². The maximum Gasteiger partial charge on any atom is 0.192 e. The highest BCUT2D eigenvalue weighted by Gasteiger charge is 2.70. The van der Waals surface area contributed by atoms with E-state index in [4.69, 9.17) is 9.16 Å². The molecule has 7 atom stereocenters. The molecule has 25 heavy (non-hydrogen) atoms. The summed E-state index contributed by atoms with van der Waals surface area (Å²) in [4.78, 5) is 0. The molecule has 2 heterocycles. The van der Waals surface area contributed by atoms with Crippen LogP contribution >= 0.6 is 0 Å². The first kappa shape index (κ1) is 19.8. The van der Waals surface area contributed by atoms with Crippen LogP contribution in [-0.2, 0) is 9.16 Å². The first-order valence-corrected chi connectivity index (χ1v) is 13.2. The summed E-state index contributed by atoms with van der Waals surface area (Å²) in [5.41, 5.74) is -0.698. The topological polar surface area (TPSA) is 38.7 Å². The Morgan fingerprint density at radius 1 is 1.20 bits per heavy atom. The van der Waals surface area contributed by atoms with Crippen LogP contribution < -0.4 is 0 Å². The van der Waals surface area contributed by atoms with E-state index >= 15 is 0 Å². The van der Waals surface area contributed by atoms with Gasteiger partial charge in [-0.3, -0.25) is 0 Å². The standard InChI is InChI=1S/C21H40O3Si/c1-13(2)21-12-16(23-25(8,9)19(4,5)6)20(7,24-21)15-11-10-14(3)17(15)18(21)22/h13-18,22H,10-12H2,1-9H3/t14-,15+,16-,17+,18-,20+,21-/m1/s1. The zero-order chi connectivity index (χ0) is 19.0. The summed E-state index contributed by atoms with van der Waals surface area (Å²) in [5, 5.41) is 11.6. The number of fused-ring (bicyclic) bond motifs is 4.